The van der Waals surface area contributed by atoms with Gasteiger partial charge in [-0.25, -0.2) is 17.2 Å². The van der Waals surface area contributed by atoms with Crippen LogP contribution in [0.4, 0.5) is 8.78 Å². The Balaban J connectivity index is 0.00000385. The average molecular weight is 748 g/mol. The number of nitrogens with zero attached hydrogens (tertiary/aromatic N) is 1. The monoisotopic (exact) mass is 748 g/mol. The maximum Gasteiger partial charge on any atom is 0.311 e. The summed E-state index contributed by atoms with van der Waals surface area (Å²) < 4.78 is 74.5. The maximum atomic E-state index is 13.4. The molecule has 184 valence electrons. The molecule has 0 aromatic carbocycles. The van der Waals surface area contributed by atoms with E-state index in [0.717, 1.165) is 0 Å². The van der Waals surface area contributed by atoms with Gasteiger partial charge in [0.05, 0.1) is 29.4 Å². The second-order valence-electron chi connectivity index (χ2n) is 10.2. The standard InChI is InChI=1S/C19H26F2NO9S.Rf/c1-17(2,3)16(25)31-13-10-11-8(14(23)22(10)18(4,5)6)9(12(13)30-11)15(24)29-7-19(20,21)32(26,27)28;/h7-13H,1-6H3,(H,26,27,28);/q-1;/p-1. The Morgan fingerprint density at radius 2 is 1.67 bits per heavy atom. The Hall–Kier alpha value is -2.86. The molecule has 3 rings (SSSR count). The van der Waals surface area contributed by atoms with Crippen LogP contribution in [0, 0.1) is 23.9 Å². The molecule has 2 bridgehead atoms. The zero-order valence-electron chi connectivity index (χ0n) is 19.0. The summed E-state index contributed by atoms with van der Waals surface area (Å²) in [6.07, 6.45) is -3.10. The van der Waals surface area contributed by atoms with E-state index in [9.17, 15) is 36.1 Å². The second kappa shape index (κ2) is 7.59. The van der Waals surface area contributed by atoms with E-state index >= 15 is 0 Å². The number of hydrogen-bond acceptors (Lipinski definition) is 9. The number of esters is 2. The molecule has 3 aliphatic rings. The van der Waals surface area contributed by atoms with Crippen molar-refractivity contribution in [1.29, 1.82) is 0 Å². The first-order chi connectivity index (χ1) is 14.3. The van der Waals surface area contributed by atoms with Crippen LogP contribution in [-0.2, 0) is 38.7 Å². The molecule has 0 saturated carbocycles. The number of carbonyl (C=O) groups excluding carboxylic acids is 3. The van der Waals surface area contributed by atoms with Gasteiger partial charge >= 0.3 is 5.97 Å². The van der Waals surface area contributed by atoms with Crippen LogP contribution in [0.25, 0.3) is 0 Å². The van der Waals surface area contributed by atoms with Crippen molar-refractivity contribution in [1.82, 2.24) is 4.90 Å². The minimum absolute atomic E-state index is 0. The molecule has 0 aliphatic carbocycles. The van der Waals surface area contributed by atoms with Gasteiger partial charge < -0.3 is 23.7 Å². The van der Waals surface area contributed by atoms with E-state index in [-0.39, 0.29) is 0 Å². The second-order valence-corrected chi connectivity index (χ2v) is 11.6. The van der Waals surface area contributed by atoms with Gasteiger partial charge in [-0.05, 0) is 41.5 Å². The van der Waals surface area contributed by atoms with Crippen molar-refractivity contribution in [3.8, 4) is 0 Å². The Morgan fingerprint density at radius 1 is 1.12 bits per heavy atom. The first kappa shape index (κ1) is 26.4. The molecule has 14 heteroatoms. The fourth-order valence-corrected chi connectivity index (χ4v) is 4.54. The van der Waals surface area contributed by atoms with Gasteiger partial charge in [0.2, 0.25) is 5.91 Å². The fourth-order valence-electron chi connectivity index (χ4n) is 4.37. The Morgan fingerprint density at radius 3 is 2.12 bits per heavy atom. The maximum absolute atomic E-state index is 13.4. The molecule has 3 saturated heterocycles. The zero-order valence-corrected chi connectivity index (χ0v) is 26.2. The van der Waals surface area contributed by atoms with Crippen LogP contribution >= 0.6 is 0 Å². The van der Waals surface area contributed by atoms with Gasteiger partial charge in [0.1, 0.15) is 16.2 Å². The number of hydrogen-bond donors (Lipinski definition) is 0. The van der Waals surface area contributed by atoms with E-state index in [4.69, 9.17) is 9.47 Å². The van der Waals surface area contributed by atoms with Gasteiger partial charge in [0.25, 0.3) is 11.2 Å². The molecular weight excluding hydrogens is 723 g/mol. The molecular formula is C19H25F2NO9RfS-2. The number of likely N-dealkylation sites (tertiary alicyclic amines) is 1. The van der Waals surface area contributed by atoms with Crippen LogP contribution in [-0.4, -0.2) is 70.9 Å². The summed E-state index contributed by atoms with van der Waals surface area (Å²) in [4.78, 5) is 39.8. The summed E-state index contributed by atoms with van der Waals surface area (Å²) in [5.74, 6) is -5.03. The molecule has 0 N–H and O–H groups in total. The Bertz CT molecular complexity index is 944. The van der Waals surface area contributed by atoms with Crippen molar-refractivity contribution in [3.63, 3.8) is 0 Å². The predicted molar refractivity (Wildman–Crippen MR) is 100 cm³/mol. The average Bonchev–Trinajstić information content (AvgIpc) is 3.19. The molecule has 10 nitrogen and oxygen atoms in total. The number of alkyl halides is 2. The topological polar surface area (TPSA) is 139 Å². The Kier molecular flexibility index (Phi) is 6.07. The molecule has 3 heterocycles. The third-order valence-electron chi connectivity index (χ3n) is 5.72. The van der Waals surface area contributed by atoms with Crippen LogP contribution < -0.4 is 0 Å². The molecule has 0 radical (unpaired) electrons. The van der Waals surface area contributed by atoms with E-state index in [1.54, 1.807) is 41.5 Å². The third kappa shape index (κ3) is 4.12. The van der Waals surface area contributed by atoms with Gasteiger partial charge in [0, 0.05) is 5.54 Å². The molecule has 0 aromatic rings. The smallest absolute Gasteiger partial charge is 0.311 e. The van der Waals surface area contributed by atoms with Gasteiger partial charge in [0.15, 0.2) is 6.10 Å². The summed E-state index contributed by atoms with van der Waals surface area (Å²) in [5, 5.41) is -4.96. The van der Waals surface area contributed by atoms with Gasteiger partial charge in [-0.1, -0.05) is 6.61 Å². The van der Waals surface area contributed by atoms with Crippen molar-refractivity contribution in [2.75, 3.05) is 0 Å². The Labute approximate surface area is 184 Å². The minimum Gasteiger partial charge on any atom is -0.746 e. The van der Waals surface area contributed by atoms with Gasteiger partial charge in [-0.3, -0.25) is 14.4 Å². The van der Waals surface area contributed by atoms with E-state index in [0.29, 0.717) is 0 Å². The molecule has 33 heavy (non-hydrogen) atoms. The first-order valence-electron chi connectivity index (χ1n) is 9.87. The minimum atomic E-state index is -6.12. The van der Waals surface area contributed by atoms with Crippen molar-refractivity contribution in [2.24, 2.45) is 17.3 Å². The molecule has 3 aliphatic heterocycles. The number of amides is 1. The summed E-state index contributed by atoms with van der Waals surface area (Å²) in [6, 6.07) is -0.694. The van der Waals surface area contributed by atoms with Crippen molar-refractivity contribution >= 4 is 28.0 Å². The van der Waals surface area contributed by atoms with E-state index < -0.39 is 87.0 Å². The summed E-state index contributed by atoms with van der Waals surface area (Å²) in [7, 11) is -6.12. The third-order valence-corrected chi connectivity index (χ3v) is 6.49. The number of rotatable bonds is 5. The molecule has 6 unspecified atom stereocenters. The summed E-state index contributed by atoms with van der Waals surface area (Å²) in [6.45, 7) is 9.39. The number of fused-ring (bicyclic) bond motifs is 1. The first-order valence-corrected chi connectivity index (χ1v) is 11.3. The van der Waals surface area contributed by atoms with Gasteiger partial charge in [-0.15, -0.1) is 0 Å². The van der Waals surface area contributed by atoms with Crippen LogP contribution in [0.15, 0.2) is 0 Å². The van der Waals surface area contributed by atoms with Crippen LogP contribution in [0.5, 0.6) is 0 Å². The summed E-state index contributed by atoms with van der Waals surface area (Å²) >= 11 is 0. The van der Waals surface area contributed by atoms with Crippen molar-refractivity contribution in [2.45, 2.75) is 76.7 Å². The largest absolute Gasteiger partial charge is 0.746 e. The van der Waals surface area contributed by atoms with Crippen molar-refractivity contribution in [3.05, 3.63) is 6.61 Å². The SMILES string of the molecule is CC(C)(C)C(=O)OC1C2OC3C(C(=O)N(C(C)(C)C)C13)C2C(=O)O[CH-]C(F)(F)S(=O)(=O)[O-].[Rf]. The number of halogens is 2. The molecule has 0 aromatic heterocycles. The van der Waals surface area contributed by atoms with Crippen LogP contribution in [0.3, 0.4) is 0 Å². The van der Waals surface area contributed by atoms with Crippen molar-refractivity contribution < 1.29 is 50.3 Å². The van der Waals surface area contributed by atoms with Crippen LogP contribution in [0.2, 0.25) is 0 Å². The number of carbonyl (C=O) groups is 3. The predicted octanol–water partition coefficient (Wildman–Crippen LogP) is 0.810. The summed E-state index contributed by atoms with van der Waals surface area (Å²) in [5.41, 5.74) is -1.65. The normalized spacial score (nSPS) is 31.4. The van der Waals surface area contributed by atoms with E-state index in [2.05, 4.69) is 4.74 Å². The molecule has 3 fully saturated rings. The number of ether oxygens (including phenoxy) is 3. The van der Waals surface area contributed by atoms with E-state index in [1.165, 1.54) is 4.90 Å². The van der Waals surface area contributed by atoms with Crippen LogP contribution in [0.1, 0.15) is 41.5 Å². The zero-order chi connectivity index (χ0) is 24.6. The molecule has 0 spiro atoms. The quantitative estimate of drug-likeness (QED) is 0.227. The molecule has 6 atom stereocenters. The van der Waals surface area contributed by atoms with E-state index in [1.807, 2.05) is 0 Å². The fraction of sp³-hybridized carbons (Fsp3) is 0.789. The van der Waals surface area contributed by atoms with Gasteiger partial charge in [-0.2, -0.15) is 0 Å². The molecule has 1 amide bonds.